The Bertz CT molecular complexity index is 890. The lowest BCUT2D eigenvalue weighted by atomic mass is 10.2. The first kappa shape index (κ1) is 18.5. The molecule has 25 heavy (non-hydrogen) atoms. The number of amides is 1. The molecule has 2 aromatic carbocycles. The van der Waals surface area contributed by atoms with Crippen LogP contribution in [0.5, 0.6) is 11.5 Å². The summed E-state index contributed by atoms with van der Waals surface area (Å²) in [5.41, 5.74) is 1.36. The number of benzene rings is 2. The van der Waals surface area contributed by atoms with Crippen molar-refractivity contribution < 1.29 is 22.7 Å². The number of hydrogen-bond acceptors (Lipinski definition) is 6. The Hall–Kier alpha value is -2.87. The molecule has 0 atom stereocenters. The maximum Gasteiger partial charge on any atom is 0.264 e. The Morgan fingerprint density at radius 3 is 2.24 bits per heavy atom. The van der Waals surface area contributed by atoms with Gasteiger partial charge in [-0.2, -0.15) is 0 Å². The van der Waals surface area contributed by atoms with E-state index in [1.165, 1.54) is 12.1 Å². The first-order chi connectivity index (χ1) is 11.9. The van der Waals surface area contributed by atoms with Gasteiger partial charge in [0.05, 0.1) is 24.8 Å². The molecule has 7 nitrogen and oxygen atoms in total. The lowest BCUT2D eigenvalue weighted by Gasteiger charge is -2.07. The Morgan fingerprint density at radius 2 is 1.68 bits per heavy atom. The predicted molar refractivity (Wildman–Crippen MR) is 94.2 cm³/mol. The van der Waals surface area contributed by atoms with Gasteiger partial charge in [-0.1, -0.05) is 0 Å². The van der Waals surface area contributed by atoms with E-state index in [2.05, 4.69) is 4.99 Å². The minimum absolute atomic E-state index is 0.00670. The zero-order valence-electron chi connectivity index (χ0n) is 14.0. The molecule has 0 unspecified atom stereocenters. The summed E-state index contributed by atoms with van der Waals surface area (Å²) >= 11 is 0. The number of carbonyl (C=O) groups is 1. The van der Waals surface area contributed by atoms with Gasteiger partial charge in [-0.25, -0.2) is 13.1 Å². The Balaban J connectivity index is 2.19. The lowest BCUT2D eigenvalue weighted by molar-refractivity contribution is -0.117. The van der Waals surface area contributed by atoms with Crippen molar-refractivity contribution in [3.8, 4) is 11.5 Å². The smallest absolute Gasteiger partial charge is 0.264 e. The van der Waals surface area contributed by atoms with Crippen molar-refractivity contribution in [3.63, 3.8) is 0 Å². The molecule has 132 valence electrons. The van der Waals surface area contributed by atoms with Crippen molar-refractivity contribution in [2.45, 2.75) is 11.8 Å². The van der Waals surface area contributed by atoms with Gasteiger partial charge >= 0.3 is 0 Å². The molecule has 0 radical (unpaired) electrons. The van der Waals surface area contributed by atoms with Crippen LogP contribution in [0.4, 0.5) is 5.69 Å². The highest BCUT2D eigenvalue weighted by Gasteiger charge is 2.14. The number of ether oxygens (including phenoxy) is 2. The van der Waals surface area contributed by atoms with E-state index in [9.17, 15) is 13.2 Å². The highest BCUT2D eigenvalue weighted by Crippen LogP contribution is 2.27. The van der Waals surface area contributed by atoms with E-state index in [1.54, 1.807) is 44.7 Å². The van der Waals surface area contributed by atoms with Gasteiger partial charge in [-0.05, 0) is 48.0 Å². The highest BCUT2D eigenvalue weighted by molar-refractivity contribution is 7.90. The van der Waals surface area contributed by atoms with E-state index in [1.807, 2.05) is 10.8 Å². The molecule has 0 aliphatic heterocycles. The standard InChI is InChI=1S/C17H18N2O5S/c1-12(20)19-25(21,22)15-7-5-14(6-8-15)18-11-13-4-9-16(23-2)17(10-13)24-3/h4-11H,1-3H3,(H,19,20). The number of aliphatic imine (C=N–C) groups is 1. The number of hydrogen-bond donors (Lipinski definition) is 1. The quantitative estimate of drug-likeness (QED) is 0.796. The van der Waals surface area contributed by atoms with Crippen LogP contribution >= 0.6 is 0 Å². The number of nitrogens with one attached hydrogen (secondary N) is 1. The summed E-state index contributed by atoms with van der Waals surface area (Å²) < 4.78 is 36.0. The third-order valence-electron chi connectivity index (χ3n) is 3.20. The van der Waals surface area contributed by atoms with Crippen LogP contribution < -0.4 is 14.2 Å². The zero-order chi connectivity index (χ0) is 18.4. The fourth-order valence-electron chi connectivity index (χ4n) is 2.04. The van der Waals surface area contributed by atoms with Gasteiger partial charge in [0.15, 0.2) is 11.5 Å². The SMILES string of the molecule is COc1ccc(C=Nc2ccc(S(=O)(=O)NC(C)=O)cc2)cc1OC. The second-order valence-electron chi connectivity index (χ2n) is 5.03. The number of carbonyl (C=O) groups excluding carboxylic acids is 1. The molecule has 0 aliphatic rings. The summed E-state index contributed by atoms with van der Waals surface area (Å²) in [6.45, 7) is 1.14. The third-order valence-corrected chi connectivity index (χ3v) is 4.64. The van der Waals surface area contributed by atoms with Crippen LogP contribution in [0.3, 0.4) is 0 Å². The largest absolute Gasteiger partial charge is 0.493 e. The first-order valence-corrected chi connectivity index (χ1v) is 8.73. The molecular weight excluding hydrogens is 344 g/mol. The van der Waals surface area contributed by atoms with Crippen LogP contribution in [0, 0.1) is 0 Å². The van der Waals surface area contributed by atoms with E-state index < -0.39 is 15.9 Å². The maximum absolute atomic E-state index is 11.9. The van der Waals surface area contributed by atoms with Gasteiger partial charge in [0.1, 0.15) is 0 Å². The van der Waals surface area contributed by atoms with Crippen LogP contribution in [-0.4, -0.2) is 34.8 Å². The maximum atomic E-state index is 11.9. The molecule has 2 aromatic rings. The fraction of sp³-hybridized carbons (Fsp3) is 0.176. The molecule has 0 saturated carbocycles. The van der Waals surface area contributed by atoms with Crippen molar-refractivity contribution in [3.05, 3.63) is 48.0 Å². The molecule has 0 bridgehead atoms. The number of rotatable bonds is 6. The summed E-state index contributed by atoms with van der Waals surface area (Å²) in [6, 6.07) is 11.2. The molecule has 2 rings (SSSR count). The van der Waals surface area contributed by atoms with Crippen molar-refractivity contribution >= 4 is 27.8 Å². The van der Waals surface area contributed by atoms with Gasteiger partial charge in [0.25, 0.3) is 10.0 Å². The lowest BCUT2D eigenvalue weighted by Crippen LogP contribution is -2.28. The number of sulfonamides is 1. The summed E-state index contributed by atoms with van der Waals surface area (Å²) in [7, 11) is -0.736. The number of methoxy groups -OCH3 is 2. The predicted octanol–water partition coefficient (Wildman–Crippen LogP) is 2.28. The Labute approximate surface area is 146 Å². The summed E-state index contributed by atoms with van der Waals surface area (Å²) in [4.78, 5) is 15.2. The monoisotopic (exact) mass is 362 g/mol. The minimum Gasteiger partial charge on any atom is -0.493 e. The molecule has 1 N–H and O–H groups in total. The second-order valence-corrected chi connectivity index (χ2v) is 6.71. The molecule has 1 amide bonds. The average Bonchev–Trinajstić information content (AvgIpc) is 2.59. The first-order valence-electron chi connectivity index (χ1n) is 7.25. The molecule has 0 aliphatic carbocycles. The molecule has 8 heteroatoms. The van der Waals surface area contributed by atoms with E-state index in [4.69, 9.17) is 9.47 Å². The van der Waals surface area contributed by atoms with Crippen LogP contribution in [0.15, 0.2) is 52.4 Å². The highest BCUT2D eigenvalue weighted by atomic mass is 32.2. The number of nitrogens with zero attached hydrogens (tertiary/aromatic N) is 1. The normalized spacial score (nSPS) is 11.3. The topological polar surface area (TPSA) is 94.1 Å². The van der Waals surface area contributed by atoms with Gasteiger partial charge < -0.3 is 9.47 Å². The second kappa shape index (κ2) is 7.80. The van der Waals surface area contributed by atoms with Crippen LogP contribution in [-0.2, 0) is 14.8 Å². The molecule has 0 spiro atoms. The minimum atomic E-state index is -3.84. The molecule has 0 saturated heterocycles. The van der Waals surface area contributed by atoms with Crippen LogP contribution in [0.1, 0.15) is 12.5 Å². The third kappa shape index (κ3) is 4.80. The van der Waals surface area contributed by atoms with Gasteiger partial charge in [0, 0.05) is 13.1 Å². The Morgan fingerprint density at radius 1 is 1.04 bits per heavy atom. The van der Waals surface area contributed by atoms with Gasteiger partial charge in [-0.3, -0.25) is 9.79 Å². The molecular formula is C17H18N2O5S. The molecule has 0 heterocycles. The van der Waals surface area contributed by atoms with Crippen LogP contribution in [0.2, 0.25) is 0 Å². The van der Waals surface area contributed by atoms with Crippen molar-refractivity contribution in [1.82, 2.24) is 4.72 Å². The van der Waals surface area contributed by atoms with E-state index in [-0.39, 0.29) is 4.90 Å². The van der Waals surface area contributed by atoms with E-state index >= 15 is 0 Å². The van der Waals surface area contributed by atoms with Crippen molar-refractivity contribution in [2.24, 2.45) is 4.99 Å². The van der Waals surface area contributed by atoms with Crippen LogP contribution in [0.25, 0.3) is 0 Å². The van der Waals surface area contributed by atoms with E-state index in [0.29, 0.717) is 17.2 Å². The summed E-state index contributed by atoms with van der Waals surface area (Å²) in [5.74, 6) is 0.561. The summed E-state index contributed by atoms with van der Waals surface area (Å²) in [5, 5.41) is 0. The fourth-order valence-corrected chi connectivity index (χ4v) is 3.03. The molecule has 0 aromatic heterocycles. The Kier molecular flexibility index (Phi) is 5.76. The average molecular weight is 362 g/mol. The van der Waals surface area contributed by atoms with Gasteiger partial charge in [-0.15, -0.1) is 0 Å². The van der Waals surface area contributed by atoms with Crippen molar-refractivity contribution in [1.29, 1.82) is 0 Å². The van der Waals surface area contributed by atoms with Crippen molar-refractivity contribution in [2.75, 3.05) is 14.2 Å². The molecule has 0 fully saturated rings. The zero-order valence-corrected chi connectivity index (χ0v) is 14.8. The van der Waals surface area contributed by atoms with E-state index in [0.717, 1.165) is 12.5 Å². The van der Waals surface area contributed by atoms with Gasteiger partial charge in [0.2, 0.25) is 5.91 Å². The summed E-state index contributed by atoms with van der Waals surface area (Å²) in [6.07, 6.45) is 1.62.